The zero-order valence-electron chi connectivity index (χ0n) is 12.3. The van der Waals surface area contributed by atoms with Gasteiger partial charge in [-0.2, -0.15) is 0 Å². The number of hydrogen-bond acceptors (Lipinski definition) is 5. The zero-order chi connectivity index (χ0) is 16.2. The smallest absolute Gasteiger partial charge is 0.237 e. The van der Waals surface area contributed by atoms with Crippen LogP contribution in [0.5, 0.6) is 0 Å². The Bertz CT molecular complexity index is 766. The predicted molar refractivity (Wildman–Crippen MR) is 99.8 cm³/mol. The third-order valence-electron chi connectivity index (χ3n) is 3.22. The number of anilines is 1. The molecular weight excluding hydrogens is 350 g/mol. The van der Waals surface area contributed by atoms with Crippen molar-refractivity contribution in [2.24, 2.45) is 4.99 Å². The third kappa shape index (κ3) is 4.07. The van der Waals surface area contributed by atoms with Crippen LogP contribution in [0.15, 0.2) is 47.6 Å². The maximum absolute atomic E-state index is 12.3. The lowest BCUT2D eigenvalue weighted by molar-refractivity contribution is -0.115. The SMILES string of the molecule is C[C@H](SC1=Nc2ccccc2CS1)C(=O)Nc1cccnc1Cl. The van der Waals surface area contributed by atoms with Gasteiger partial charge < -0.3 is 5.32 Å². The standard InChI is InChI=1S/C16H14ClN3OS2/c1-10(15(21)19-13-7-4-8-18-14(13)17)23-16-20-12-6-3-2-5-11(12)9-22-16/h2-8,10H,9H2,1H3,(H,19,21)/t10-/m0/s1. The van der Waals surface area contributed by atoms with Crippen molar-refractivity contribution in [2.45, 2.75) is 17.9 Å². The summed E-state index contributed by atoms with van der Waals surface area (Å²) in [7, 11) is 0. The van der Waals surface area contributed by atoms with Crippen molar-refractivity contribution in [2.75, 3.05) is 5.32 Å². The van der Waals surface area contributed by atoms with Crippen molar-refractivity contribution >= 4 is 56.8 Å². The van der Waals surface area contributed by atoms with Crippen LogP contribution in [0.2, 0.25) is 5.15 Å². The Morgan fingerprint density at radius 1 is 1.35 bits per heavy atom. The summed E-state index contributed by atoms with van der Waals surface area (Å²) in [4.78, 5) is 20.9. The number of rotatable bonds is 3. The van der Waals surface area contributed by atoms with E-state index < -0.39 is 0 Å². The lowest BCUT2D eigenvalue weighted by Crippen LogP contribution is -2.23. The normalized spacial score (nSPS) is 14.6. The number of halogens is 1. The largest absolute Gasteiger partial charge is 0.322 e. The van der Waals surface area contributed by atoms with Crippen molar-refractivity contribution in [1.29, 1.82) is 0 Å². The molecule has 1 aromatic heterocycles. The summed E-state index contributed by atoms with van der Waals surface area (Å²) < 4.78 is 0.906. The molecule has 2 aromatic rings. The summed E-state index contributed by atoms with van der Waals surface area (Å²) >= 11 is 9.07. The van der Waals surface area contributed by atoms with Gasteiger partial charge in [0.05, 0.1) is 16.6 Å². The number of benzene rings is 1. The van der Waals surface area contributed by atoms with Gasteiger partial charge in [-0.25, -0.2) is 9.98 Å². The van der Waals surface area contributed by atoms with Crippen LogP contribution < -0.4 is 5.32 Å². The number of para-hydroxylation sites is 1. The van der Waals surface area contributed by atoms with Crippen LogP contribution in [0.3, 0.4) is 0 Å². The van der Waals surface area contributed by atoms with Crippen molar-refractivity contribution in [3.8, 4) is 0 Å². The Kier molecular flexibility index (Phi) is 5.25. The summed E-state index contributed by atoms with van der Waals surface area (Å²) in [6.45, 7) is 1.86. The third-order valence-corrected chi connectivity index (χ3v) is 5.82. The number of carbonyl (C=O) groups excluding carboxylic acids is 1. The summed E-state index contributed by atoms with van der Waals surface area (Å²) in [5.74, 6) is 0.761. The number of nitrogens with zero attached hydrogens (tertiary/aromatic N) is 2. The highest BCUT2D eigenvalue weighted by atomic mass is 35.5. The van der Waals surface area contributed by atoms with Gasteiger partial charge in [0.1, 0.15) is 4.38 Å². The van der Waals surface area contributed by atoms with E-state index in [9.17, 15) is 4.79 Å². The van der Waals surface area contributed by atoms with E-state index in [1.807, 2.05) is 25.1 Å². The molecule has 1 N–H and O–H groups in total. The number of aliphatic imine (C=N–C) groups is 1. The number of pyridine rings is 1. The number of aromatic nitrogens is 1. The molecule has 0 spiro atoms. The molecule has 118 valence electrons. The quantitative estimate of drug-likeness (QED) is 0.801. The van der Waals surface area contributed by atoms with Crippen LogP contribution in [-0.2, 0) is 10.5 Å². The van der Waals surface area contributed by atoms with Gasteiger partial charge in [0.2, 0.25) is 5.91 Å². The van der Waals surface area contributed by atoms with E-state index in [-0.39, 0.29) is 16.3 Å². The Hall–Kier alpha value is -1.50. The zero-order valence-corrected chi connectivity index (χ0v) is 14.7. The molecule has 2 heterocycles. The van der Waals surface area contributed by atoms with Gasteiger partial charge >= 0.3 is 0 Å². The second kappa shape index (κ2) is 7.38. The average Bonchev–Trinajstić information content (AvgIpc) is 2.56. The van der Waals surface area contributed by atoms with Crippen LogP contribution in [0.4, 0.5) is 11.4 Å². The van der Waals surface area contributed by atoms with E-state index in [0.717, 1.165) is 15.8 Å². The molecule has 0 radical (unpaired) electrons. The Balaban J connectivity index is 1.65. The maximum Gasteiger partial charge on any atom is 0.237 e. The fourth-order valence-corrected chi connectivity index (χ4v) is 4.34. The topological polar surface area (TPSA) is 54.4 Å². The minimum Gasteiger partial charge on any atom is -0.322 e. The molecule has 0 unspecified atom stereocenters. The average molecular weight is 364 g/mol. The van der Waals surface area contributed by atoms with Gasteiger partial charge in [0, 0.05) is 11.9 Å². The second-order valence-electron chi connectivity index (χ2n) is 4.89. The predicted octanol–water partition coefficient (Wildman–Crippen LogP) is 4.73. The van der Waals surface area contributed by atoms with Crippen molar-refractivity contribution < 1.29 is 4.79 Å². The van der Waals surface area contributed by atoms with Gasteiger partial charge in [-0.05, 0) is 30.7 Å². The van der Waals surface area contributed by atoms with Gasteiger partial charge in [0.15, 0.2) is 5.15 Å². The number of amides is 1. The molecule has 7 heteroatoms. The monoisotopic (exact) mass is 363 g/mol. The molecule has 0 saturated heterocycles. The van der Waals surface area contributed by atoms with Crippen molar-refractivity contribution in [3.63, 3.8) is 0 Å². The first-order valence-corrected chi connectivity index (χ1v) is 9.25. The summed E-state index contributed by atoms with van der Waals surface area (Å²) in [6, 6.07) is 11.5. The Morgan fingerprint density at radius 3 is 3.00 bits per heavy atom. The second-order valence-corrected chi connectivity index (χ2v) is 7.80. The molecular formula is C16H14ClN3OS2. The Morgan fingerprint density at radius 2 is 2.17 bits per heavy atom. The van der Waals surface area contributed by atoms with E-state index in [4.69, 9.17) is 11.6 Å². The molecule has 1 aliphatic heterocycles. The number of fused-ring (bicyclic) bond motifs is 1. The van der Waals surface area contributed by atoms with Crippen LogP contribution >= 0.6 is 35.1 Å². The number of carbonyl (C=O) groups is 1. The van der Waals surface area contributed by atoms with Crippen molar-refractivity contribution in [3.05, 3.63) is 53.3 Å². The molecule has 4 nitrogen and oxygen atoms in total. The highest BCUT2D eigenvalue weighted by molar-refractivity contribution is 8.39. The molecule has 1 aromatic carbocycles. The lowest BCUT2D eigenvalue weighted by Gasteiger charge is -2.17. The molecule has 0 bridgehead atoms. The van der Waals surface area contributed by atoms with Crippen LogP contribution in [0.1, 0.15) is 12.5 Å². The van der Waals surface area contributed by atoms with Crippen molar-refractivity contribution in [1.82, 2.24) is 4.98 Å². The molecule has 23 heavy (non-hydrogen) atoms. The van der Waals surface area contributed by atoms with Gasteiger partial charge in [-0.1, -0.05) is 53.3 Å². The molecule has 0 fully saturated rings. The fourth-order valence-electron chi connectivity index (χ4n) is 1.99. The number of nitrogens with one attached hydrogen (secondary N) is 1. The Labute approximate surface area is 148 Å². The molecule has 1 aliphatic rings. The first-order valence-electron chi connectivity index (χ1n) is 7.01. The van der Waals surface area contributed by atoms with Gasteiger partial charge in [0.25, 0.3) is 0 Å². The highest BCUT2D eigenvalue weighted by Gasteiger charge is 2.20. The van der Waals surface area contributed by atoms with Crippen LogP contribution in [0.25, 0.3) is 0 Å². The first-order chi connectivity index (χ1) is 11.1. The first kappa shape index (κ1) is 16.4. The van der Waals surface area contributed by atoms with E-state index >= 15 is 0 Å². The summed E-state index contributed by atoms with van der Waals surface area (Å²) in [5, 5.41) is 2.81. The lowest BCUT2D eigenvalue weighted by atomic mass is 10.2. The molecule has 1 amide bonds. The molecule has 1 atom stereocenters. The number of hydrogen-bond donors (Lipinski definition) is 1. The van der Waals surface area contributed by atoms with Gasteiger partial charge in [-0.3, -0.25) is 4.79 Å². The summed E-state index contributed by atoms with van der Waals surface area (Å²) in [5.41, 5.74) is 2.73. The molecule has 3 rings (SSSR count). The van der Waals surface area contributed by atoms with E-state index in [1.165, 1.54) is 17.3 Å². The maximum atomic E-state index is 12.3. The highest BCUT2D eigenvalue weighted by Crippen LogP contribution is 2.36. The van der Waals surface area contributed by atoms with E-state index in [0.29, 0.717) is 5.69 Å². The van der Waals surface area contributed by atoms with E-state index in [2.05, 4.69) is 21.4 Å². The minimum atomic E-state index is -0.275. The molecule has 0 aliphatic carbocycles. The van der Waals surface area contributed by atoms with Crippen LogP contribution in [-0.4, -0.2) is 20.5 Å². The number of thioether (sulfide) groups is 2. The van der Waals surface area contributed by atoms with E-state index in [1.54, 1.807) is 30.1 Å². The van der Waals surface area contributed by atoms with Crippen LogP contribution in [0, 0.1) is 0 Å². The fraction of sp³-hybridized carbons (Fsp3) is 0.188. The minimum absolute atomic E-state index is 0.118. The van der Waals surface area contributed by atoms with Gasteiger partial charge in [-0.15, -0.1) is 0 Å². The molecule has 0 saturated carbocycles. The summed E-state index contributed by atoms with van der Waals surface area (Å²) in [6.07, 6.45) is 1.58.